The number of benzene rings is 2. The van der Waals surface area contributed by atoms with E-state index < -0.39 is 22.3 Å². The third-order valence-corrected chi connectivity index (χ3v) is 3.56. The maximum atomic E-state index is 13.6. The van der Waals surface area contributed by atoms with Gasteiger partial charge < -0.3 is 4.42 Å². The van der Waals surface area contributed by atoms with Gasteiger partial charge in [-0.2, -0.15) is 0 Å². The molecule has 0 saturated heterocycles. The SMILES string of the molecule is O=C(/C=C/c1ccc(-c2cccc([N+](=O)[O-])c2)o1)c1ccc(F)cc1F. The van der Waals surface area contributed by atoms with E-state index in [2.05, 4.69) is 0 Å². The van der Waals surface area contributed by atoms with Crippen LogP contribution in [-0.2, 0) is 0 Å². The van der Waals surface area contributed by atoms with Crippen molar-refractivity contribution in [3.8, 4) is 11.3 Å². The number of nitro benzene ring substituents is 1. The van der Waals surface area contributed by atoms with Gasteiger partial charge in [-0.3, -0.25) is 14.9 Å². The second kappa shape index (κ2) is 7.10. The summed E-state index contributed by atoms with van der Waals surface area (Å²) in [7, 11) is 0. The molecule has 5 nitrogen and oxygen atoms in total. The van der Waals surface area contributed by atoms with E-state index in [1.807, 2.05) is 0 Å². The van der Waals surface area contributed by atoms with Crippen LogP contribution in [0.15, 0.2) is 65.1 Å². The first-order chi connectivity index (χ1) is 12.4. The molecule has 0 fully saturated rings. The molecule has 26 heavy (non-hydrogen) atoms. The number of ketones is 1. The molecule has 0 spiro atoms. The van der Waals surface area contributed by atoms with Crippen LogP contribution < -0.4 is 0 Å². The summed E-state index contributed by atoms with van der Waals surface area (Å²) >= 11 is 0. The van der Waals surface area contributed by atoms with Crippen molar-refractivity contribution in [1.29, 1.82) is 0 Å². The quantitative estimate of drug-likeness (QED) is 0.278. The van der Waals surface area contributed by atoms with Crippen molar-refractivity contribution in [3.05, 3.63) is 93.7 Å². The zero-order valence-electron chi connectivity index (χ0n) is 13.2. The highest BCUT2D eigenvalue weighted by molar-refractivity contribution is 6.06. The van der Waals surface area contributed by atoms with Gasteiger partial charge in [0.1, 0.15) is 23.2 Å². The molecule has 0 N–H and O–H groups in total. The van der Waals surface area contributed by atoms with E-state index in [9.17, 15) is 23.7 Å². The third-order valence-electron chi connectivity index (χ3n) is 3.56. The molecule has 0 radical (unpaired) electrons. The maximum absolute atomic E-state index is 13.6. The minimum absolute atomic E-state index is 0.0713. The lowest BCUT2D eigenvalue weighted by atomic mass is 10.1. The van der Waals surface area contributed by atoms with Crippen LogP contribution in [0.5, 0.6) is 0 Å². The van der Waals surface area contributed by atoms with E-state index in [4.69, 9.17) is 4.42 Å². The molecule has 1 heterocycles. The van der Waals surface area contributed by atoms with Gasteiger partial charge in [-0.15, -0.1) is 0 Å². The van der Waals surface area contributed by atoms with Gasteiger partial charge in [0.2, 0.25) is 0 Å². The zero-order chi connectivity index (χ0) is 18.7. The van der Waals surface area contributed by atoms with Crippen LogP contribution in [0.3, 0.4) is 0 Å². The van der Waals surface area contributed by atoms with Gasteiger partial charge in [0.25, 0.3) is 5.69 Å². The summed E-state index contributed by atoms with van der Waals surface area (Å²) in [5.41, 5.74) is 0.181. The van der Waals surface area contributed by atoms with E-state index in [0.29, 0.717) is 23.2 Å². The number of non-ortho nitro benzene ring substituents is 1. The Balaban J connectivity index is 1.80. The standard InChI is InChI=1S/C19H11F2NO4/c20-13-4-7-16(17(21)11-13)18(23)8-5-15-6-9-19(26-15)12-2-1-3-14(10-12)22(24)25/h1-11H/b8-5+. The average Bonchev–Trinajstić information content (AvgIpc) is 3.09. The molecule has 0 bridgehead atoms. The Labute approximate surface area is 146 Å². The summed E-state index contributed by atoms with van der Waals surface area (Å²) in [5.74, 6) is -1.67. The van der Waals surface area contributed by atoms with Crippen LogP contribution in [0.25, 0.3) is 17.4 Å². The second-order valence-corrected chi connectivity index (χ2v) is 5.33. The van der Waals surface area contributed by atoms with Crippen molar-refractivity contribution in [2.75, 3.05) is 0 Å². The fraction of sp³-hybridized carbons (Fsp3) is 0. The van der Waals surface area contributed by atoms with E-state index in [1.165, 1.54) is 24.3 Å². The molecule has 0 aliphatic carbocycles. The van der Waals surface area contributed by atoms with Crippen LogP contribution in [0.4, 0.5) is 14.5 Å². The predicted octanol–water partition coefficient (Wildman–Crippen LogP) is 5.03. The Hall–Kier alpha value is -3.61. The number of nitro groups is 1. The van der Waals surface area contributed by atoms with E-state index >= 15 is 0 Å². The smallest absolute Gasteiger partial charge is 0.270 e. The van der Waals surface area contributed by atoms with Crippen molar-refractivity contribution < 1.29 is 22.9 Å². The lowest BCUT2D eigenvalue weighted by Crippen LogP contribution is -1.98. The summed E-state index contributed by atoms with van der Waals surface area (Å²) < 4.78 is 32.0. The van der Waals surface area contributed by atoms with Crippen LogP contribution in [0.2, 0.25) is 0 Å². The van der Waals surface area contributed by atoms with Crippen molar-refractivity contribution in [2.24, 2.45) is 0 Å². The third kappa shape index (κ3) is 3.72. The van der Waals surface area contributed by atoms with Crippen LogP contribution >= 0.6 is 0 Å². The number of hydrogen-bond donors (Lipinski definition) is 0. The minimum Gasteiger partial charge on any atom is -0.457 e. The molecule has 1 aromatic heterocycles. The summed E-state index contributed by atoms with van der Waals surface area (Å²) in [5, 5.41) is 10.8. The molecule has 0 atom stereocenters. The van der Waals surface area contributed by atoms with Gasteiger partial charge in [-0.25, -0.2) is 8.78 Å². The molecule has 0 aliphatic rings. The Morgan fingerprint density at radius 3 is 2.62 bits per heavy atom. The maximum Gasteiger partial charge on any atom is 0.270 e. The van der Waals surface area contributed by atoms with Crippen molar-refractivity contribution in [1.82, 2.24) is 0 Å². The number of rotatable bonds is 5. The number of carbonyl (C=O) groups is 1. The van der Waals surface area contributed by atoms with Crippen LogP contribution in [0.1, 0.15) is 16.1 Å². The van der Waals surface area contributed by atoms with Crippen molar-refractivity contribution in [3.63, 3.8) is 0 Å². The Bertz CT molecular complexity index is 1020. The van der Waals surface area contributed by atoms with Gasteiger partial charge in [-0.1, -0.05) is 12.1 Å². The van der Waals surface area contributed by atoms with Gasteiger partial charge in [0.05, 0.1) is 10.5 Å². The molecule has 0 unspecified atom stereocenters. The minimum atomic E-state index is -0.948. The summed E-state index contributed by atoms with van der Waals surface area (Å²) in [6, 6.07) is 11.8. The molecule has 7 heteroatoms. The lowest BCUT2D eigenvalue weighted by molar-refractivity contribution is -0.384. The first kappa shape index (κ1) is 17.2. The van der Waals surface area contributed by atoms with Gasteiger partial charge in [0, 0.05) is 23.8 Å². The first-order valence-electron chi connectivity index (χ1n) is 7.46. The molecular formula is C19H11F2NO4. The molecular weight excluding hydrogens is 344 g/mol. The van der Waals surface area contributed by atoms with Gasteiger partial charge >= 0.3 is 0 Å². The van der Waals surface area contributed by atoms with E-state index in [0.717, 1.165) is 18.2 Å². The van der Waals surface area contributed by atoms with Gasteiger partial charge in [0.15, 0.2) is 5.78 Å². The molecule has 0 amide bonds. The van der Waals surface area contributed by atoms with Crippen molar-refractivity contribution >= 4 is 17.5 Å². The van der Waals surface area contributed by atoms with Gasteiger partial charge in [-0.05, 0) is 36.4 Å². The number of furan rings is 1. The van der Waals surface area contributed by atoms with Crippen molar-refractivity contribution in [2.45, 2.75) is 0 Å². The molecule has 130 valence electrons. The topological polar surface area (TPSA) is 73.3 Å². The highest BCUT2D eigenvalue weighted by Crippen LogP contribution is 2.26. The van der Waals surface area contributed by atoms with E-state index in [-0.39, 0.29) is 11.3 Å². The fourth-order valence-corrected chi connectivity index (χ4v) is 2.31. The van der Waals surface area contributed by atoms with Crippen LogP contribution in [0, 0.1) is 21.7 Å². The second-order valence-electron chi connectivity index (χ2n) is 5.33. The fourth-order valence-electron chi connectivity index (χ4n) is 2.31. The first-order valence-corrected chi connectivity index (χ1v) is 7.46. The Morgan fingerprint density at radius 1 is 1.08 bits per heavy atom. The molecule has 3 aromatic rings. The molecule has 0 aliphatic heterocycles. The number of allylic oxidation sites excluding steroid dienone is 1. The largest absolute Gasteiger partial charge is 0.457 e. The molecule has 3 rings (SSSR count). The molecule has 0 saturated carbocycles. The summed E-state index contributed by atoms with van der Waals surface area (Å²) in [6.07, 6.45) is 2.44. The van der Waals surface area contributed by atoms with E-state index in [1.54, 1.807) is 18.2 Å². The Morgan fingerprint density at radius 2 is 1.88 bits per heavy atom. The van der Waals surface area contributed by atoms with Crippen LogP contribution in [-0.4, -0.2) is 10.7 Å². The summed E-state index contributed by atoms with van der Waals surface area (Å²) in [6.45, 7) is 0. The average molecular weight is 355 g/mol. The predicted molar refractivity (Wildman–Crippen MR) is 90.5 cm³/mol. The Kier molecular flexibility index (Phi) is 4.70. The number of carbonyl (C=O) groups excluding carboxylic acids is 1. The highest BCUT2D eigenvalue weighted by Gasteiger charge is 2.11. The normalized spacial score (nSPS) is 11.0. The summed E-state index contributed by atoms with van der Waals surface area (Å²) in [4.78, 5) is 22.3. The highest BCUT2D eigenvalue weighted by atomic mass is 19.1. The molecule has 2 aromatic carbocycles. The number of halogens is 2. The lowest BCUT2D eigenvalue weighted by Gasteiger charge is -1.98. The number of hydrogen-bond acceptors (Lipinski definition) is 4. The monoisotopic (exact) mass is 355 g/mol. The number of nitrogens with zero attached hydrogens (tertiary/aromatic N) is 1. The zero-order valence-corrected chi connectivity index (χ0v) is 13.2.